The first-order valence-corrected chi connectivity index (χ1v) is 8.56. The molecule has 0 saturated heterocycles. The fourth-order valence-corrected chi connectivity index (χ4v) is 3.30. The topological polar surface area (TPSA) is 60.9 Å². The zero-order valence-corrected chi connectivity index (χ0v) is 14.6. The number of hydrogen-bond donors (Lipinski definition) is 0. The predicted octanol–water partition coefficient (Wildman–Crippen LogP) is 4.29. The zero-order valence-electron chi connectivity index (χ0n) is 12.3. The quantitative estimate of drug-likeness (QED) is 0.665. The van der Waals surface area contributed by atoms with Gasteiger partial charge in [-0.2, -0.15) is 5.10 Å². The molecule has 1 aliphatic carbocycles. The molecule has 0 amide bonds. The van der Waals surface area contributed by atoms with E-state index in [1.54, 1.807) is 12.1 Å². The summed E-state index contributed by atoms with van der Waals surface area (Å²) in [5.41, 5.74) is 1.97. The van der Waals surface area contributed by atoms with Crippen molar-refractivity contribution in [2.24, 2.45) is 0 Å². The van der Waals surface area contributed by atoms with Crippen LogP contribution in [0.3, 0.4) is 0 Å². The van der Waals surface area contributed by atoms with Crippen LogP contribution in [0.1, 0.15) is 43.0 Å². The van der Waals surface area contributed by atoms with Gasteiger partial charge in [0.15, 0.2) is 4.60 Å². The minimum Gasteiger partial charge on any atom is -0.353 e. The van der Waals surface area contributed by atoms with Gasteiger partial charge in [-0.1, -0.05) is 28.9 Å². The van der Waals surface area contributed by atoms with Crippen LogP contribution in [-0.2, 0) is 0 Å². The Labute approximate surface area is 145 Å². The number of rotatable bonds is 3. The van der Waals surface area contributed by atoms with Gasteiger partial charge in [0, 0.05) is 10.9 Å². The van der Waals surface area contributed by atoms with Crippen molar-refractivity contribution < 1.29 is 4.52 Å². The minimum atomic E-state index is -0.220. The third-order valence-corrected chi connectivity index (χ3v) is 4.98. The van der Waals surface area contributed by atoms with Crippen LogP contribution in [-0.4, -0.2) is 14.9 Å². The van der Waals surface area contributed by atoms with Crippen LogP contribution >= 0.6 is 27.5 Å². The average Bonchev–Trinajstić information content (AvgIpc) is 3.29. The molecule has 7 heteroatoms. The summed E-state index contributed by atoms with van der Waals surface area (Å²) in [5, 5.41) is 9.63. The fraction of sp³-hybridized carbons (Fsp3) is 0.312. The molecule has 0 N–H and O–H groups in total. The average molecular weight is 395 g/mol. The van der Waals surface area contributed by atoms with Crippen molar-refractivity contribution in [2.45, 2.75) is 31.7 Å². The summed E-state index contributed by atoms with van der Waals surface area (Å²) < 4.78 is 7.29. The molecule has 0 radical (unpaired) electrons. The molecule has 1 aliphatic rings. The maximum Gasteiger partial charge on any atom is 0.280 e. The van der Waals surface area contributed by atoms with E-state index in [1.165, 1.54) is 4.68 Å². The van der Waals surface area contributed by atoms with Crippen LogP contribution in [0.2, 0.25) is 5.02 Å². The van der Waals surface area contributed by atoms with Crippen LogP contribution in [0.5, 0.6) is 0 Å². The largest absolute Gasteiger partial charge is 0.353 e. The Morgan fingerprint density at radius 3 is 2.70 bits per heavy atom. The van der Waals surface area contributed by atoms with Gasteiger partial charge in [-0.05, 0) is 53.4 Å². The minimum absolute atomic E-state index is 0.172. The predicted molar refractivity (Wildman–Crippen MR) is 91.0 cm³/mol. The first-order valence-electron chi connectivity index (χ1n) is 7.39. The van der Waals surface area contributed by atoms with E-state index in [2.05, 4.69) is 26.2 Å². The van der Waals surface area contributed by atoms with Crippen LogP contribution in [0.25, 0.3) is 11.0 Å². The van der Waals surface area contributed by atoms with Gasteiger partial charge < -0.3 is 4.52 Å². The fourth-order valence-electron chi connectivity index (χ4n) is 2.73. The summed E-state index contributed by atoms with van der Waals surface area (Å²) in [6.45, 7) is 1.93. The maximum atomic E-state index is 12.9. The molecule has 0 spiro atoms. The van der Waals surface area contributed by atoms with E-state index in [1.807, 2.05) is 19.1 Å². The summed E-state index contributed by atoms with van der Waals surface area (Å²) in [6.07, 6.45) is 2.10. The molecule has 1 saturated carbocycles. The third-order valence-electron chi connectivity index (χ3n) is 4.21. The molecule has 2 heterocycles. The van der Waals surface area contributed by atoms with Crippen molar-refractivity contribution in [3.8, 4) is 0 Å². The molecule has 1 unspecified atom stereocenters. The Bertz CT molecular complexity index is 944. The second kappa shape index (κ2) is 5.46. The lowest BCUT2D eigenvalue weighted by atomic mass is 10.1. The van der Waals surface area contributed by atoms with Crippen molar-refractivity contribution in [1.82, 2.24) is 14.9 Å². The summed E-state index contributed by atoms with van der Waals surface area (Å²) in [6, 6.07) is 7.19. The molecule has 23 heavy (non-hydrogen) atoms. The Balaban J connectivity index is 1.89. The van der Waals surface area contributed by atoms with Crippen LogP contribution in [0, 0.1) is 0 Å². The van der Waals surface area contributed by atoms with E-state index in [0.29, 0.717) is 26.5 Å². The number of nitrogens with zero attached hydrogens (tertiary/aromatic N) is 3. The lowest BCUT2D eigenvalue weighted by Crippen LogP contribution is -2.27. The van der Waals surface area contributed by atoms with Crippen LogP contribution < -0.4 is 5.56 Å². The molecule has 5 nitrogen and oxygen atoms in total. The summed E-state index contributed by atoms with van der Waals surface area (Å²) in [5.74, 6) is 0.331. The van der Waals surface area contributed by atoms with Gasteiger partial charge in [0.2, 0.25) is 5.58 Å². The van der Waals surface area contributed by atoms with E-state index in [9.17, 15) is 4.79 Å². The second-order valence-electron chi connectivity index (χ2n) is 5.81. The molecule has 118 valence electrons. The maximum absolute atomic E-state index is 12.9. The summed E-state index contributed by atoms with van der Waals surface area (Å²) in [7, 11) is 0. The monoisotopic (exact) mass is 393 g/mol. The molecule has 1 atom stereocenters. The van der Waals surface area contributed by atoms with Crippen LogP contribution in [0.4, 0.5) is 0 Å². The first-order chi connectivity index (χ1) is 11.1. The highest BCUT2D eigenvalue weighted by molar-refractivity contribution is 9.10. The standard InChI is InChI=1S/C16H13BrClN3O2/c1-8(9-4-6-11(18)7-5-9)21-16(22)12-13(10-2-3-10)20-23-14(12)15(17)19-21/h4-8,10H,2-3H2,1H3. The van der Waals surface area contributed by atoms with E-state index >= 15 is 0 Å². The van der Waals surface area contributed by atoms with Gasteiger partial charge in [-0.15, -0.1) is 0 Å². The molecule has 4 rings (SSSR count). The van der Waals surface area contributed by atoms with Gasteiger partial charge >= 0.3 is 0 Å². The van der Waals surface area contributed by atoms with Crippen molar-refractivity contribution >= 4 is 38.5 Å². The van der Waals surface area contributed by atoms with E-state index in [-0.39, 0.29) is 11.6 Å². The van der Waals surface area contributed by atoms with Crippen LogP contribution in [0.15, 0.2) is 38.2 Å². The highest BCUT2D eigenvalue weighted by atomic mass is 79.9. The van der Waals surface area contributed by atoms with E-state index in [0.717, 1.165) is 24.1 Å². The Kier molecular flexibility index (Phi) is 3.54. The Hall–Kier alpha value is -1.66. The number of halogens is 2. The highest BCUT2D eigenvalue weighted by Crippen LogP contribution is 2.42. The lowest BCUT2D eigenvalue weighted by Gasteiger charge is -2.14. The molecule has 3 aromatic rings. The first kappa shape index (κ1) is 14.9. The van der Waals surface area contributed by atoms with Crippen molar-refractivity contribution in [2.75, 3.05) is 0 Å². The van der Waals surface area contributed by atoms with E-state index in [4.69, 9.17) is 16.1 Å². The van der Waals surface area contributed by atoms with Gasteiger partial charge in [0.05, 0.1) is 6.04 Å². The number of aromatic nitrogens is 3. The molecular weight excluding hydrogens is 382 g/mol. The van der Waals surface area contributed by atoms with Gasteiger partial charge in [0.25, 0.3) is 5.56 Å². The summed E-state index contributed by atoms with van der Waals surface area (Å²) >= 11 is 9.32. The second-order valence-corrected chi connectivity index (χ2v) is 7.00. The lowest BCUT2D eigenvalue weighted by molar-refractivity contribution is 0.441. The third kappa shape index (κ3) is 2.50. The number of benzene rings is 1. The molecular formula is C16H13BrClN3O2. The number of hydrogen-bond acceptors (Lipinski definition) is 4. The Morgan fingerprint density at radius 2 is 2.04 bits per heavy atom. The van der Waals surface area contributed by atoms with Gasteiger partial charge in [-0.3, -0.25) is 4.79 Å². The van der Waals surface area contributed by atoms with Crippen molar-refractivity contribution in [1.29, 1.82) is 0 Å². The van der Waals surface area contributed by atoms with Crippen molar-refractivity contribution in [3.63, 3.8) is 0 Å². The molecule has 1 aromatic carbocycles. The SMILES string of the molecule is CC(c1ccc(Cl)cc1)n1nc(Br)c2onc(C3CC3)c2c1=O. The van der Waals surface area contributed by atoms with Gasteiger partial charge in [0.1, 0.15) is 11.1 Å². The molecule has 1 fully saturated rings. The van der Waals surface area contributed by atoms with Crippen molar-refractivity contribution in [3.05, 3.63) is 55.5 Å². The van der Waals surface area contributed by atoms with E-state index < -0.39 is 0 Å². The molecule has 0 bridgehead atoms. The summed E-state index contributed by atoms with van der Waals surface area (Å²) in [4.78, 5) is 12.9. The molecule has 2 aromatic heterocycles. The highest BCUT2D eigenvalue weighted by Gasteiger charge is 2.32. The smallest absolute Gasteiger partial charge is 0.280 e. The Morgan fingerprint density at radius 1 is 1.35 bits per heavy atom. The van der Waals surface area contributed by atoms with Gasteiger partial charge in [-0.25, -0.2) is 4.68 Å². The number of fused-ring (bicyclic) bond motifs is 1. The normalized spacial score (nSPS) is 16.0. The molecule has 0 aliphatic heterocycles. The zero-order chi connectivity index (χ0) is 16.1.